The van der Waals surface area contributed by atoms with Crippen LogP contribution in [-0.4, -0.2) is 62.1 Å². The van der Waals surface area contributed by atoms with E-state index in [0.29, 0.717) is 38.0 Å². The average molecular weight is 443 g/mol. The van der Waals surface area contributed by atoms with Crippen LogP contribution in [0.4, 0.5) is 8.78 Å². The van der Waals surface area contributed by atoms with E-state index in [1.807, 2.05) is 36.2 Å². The van der Waals surface area contributed by atoms with Crippen LogP contribution in [0, 0.1) is 17.0 Å². The lowest BCUT2D eigenvalue weighted by Gasteiger charge is -2.43. The molecule has 2 aliphatic heterocycles. The Hall–Kier alpha value is -2.31. The first kappa shape index (κ1) is 22.9. The van der Waals surface area contributed by atoms with Gasteiger partial charge in [0.05, 0.1) is 5.41 Å². The zero-order valence-corrected chi connectivity index (χ0v) is 18.9. The second-order valence-electron chi connectivity index (χ2n) is 9.34. The second kappa shape index (κ2) is 9.67. The van der Waals surface area contributed by atoms with Crippen LogP contribution in [-0.2, 0) is 16.0 Å². The normalized spacial score (nSPS) is 19.6. The molecule has 0 atom stereocenters. The predicted molar refractivity (Wildman–Crippen MR) is 121 cm³/mol. The van der Waals surface area contributed by atoms with Gasteiger partial charge in [-0.15, -0.1) is 0 Å². The van der Waals surface area contributed by atoms with Crippen molar-refractivity contribution < 1.29 is 18.3 Å². The van der Waals surface area contributed by atoms with Crippen LogP contribution in [0.25, 0.3) is 11.1 Å². The zero-order valence-electron chi connectivity index (χ0n) is 18.9. The van der Waals surface area contributed by atoms with Crippen LogP contribution in [0.3, 0.4) is 0 Å². The highest BCUT2D eigenvalue weighted by Crippen LogP contribution is 2.38. The molecule has 1 amide bonds. The van der Waals surface area contributed by atoms with Crippen molar-refractivity contribution in [2.45, 2.75) is 38.1 Å². The van der Waals surface area contributed by atoms with Gasteiger partial charge in [0.25, 0.3) is 0 Å². The van der Waals surface area contributed by atoms with Crippen molar-refractivity contribution in [3.8, 4) is 11.1 Å². The van der Waals surface area contributed by atoms with Crippen molar-refractivity contribution >= 4 is 5.91 Å². The molecule has 0 radical (unpaired) electrons. The van der Waals surface area contributed by atoms with E-state index in [1.165, 1.54) is 6.07 Å². The molecule has 6 heteroatoms. The van der Waals surface area contributed by atoms with Gasteiger partial charge in [-0.2, -0.15) is 0 Å². The molecular formula is C26H32F2N2O2. The van der Waals surface area contributed by atoms with Gasteiger partial charge < -0.3 is 14.5 Å². The molecule has 0 N–H and O–H groups in total. The van der Waals surface area contributed by atoms with Gasteiger partial charge in [0.15, 0.2) is 0 Å². The van der Waals surface area contributed by atoms with Crippen molar-refractivity contribution in [1.82, 2.24) is 9.80 Å². The summed E-state index contributed by atoms with van der Waals surface area (Å²) >= 11 is 0. The summed E-state index contributed by atoms with van der Waals surface area (Å²) < 4.78 is 33.3. The number of halogens is 2. The van der Waals surface area contributed by atoms with Crippen molar-refractivity contribution in [3.63, 3.8) is 0 Å². The van der Waals surface area contributed by atoms with E-state index in [2.05, 4.69) is 11.9 Å². The molecule has 0 saturated carbocycles. The molecule has 2 aromatic rings. The molecule has 172 valence electrons. The number of ether oxygens (including phenoxy) is 1. The van der Waals surface area contributed by atoms with Gasteiger partial charge >= 0.3 is 0 Å². The fraction of sp³-hybridized carbons (Fsp3) is 0.500. The van der Waals surface area contributed by atoms with Crippen molar-refractivity contribution in [1.29, 1.82) is 0 Å². The van der Waals surface area contributed by atoms with E-state index in [0.717, 1.165) is 43.6 Å². The van der Waals surface area contributed by atoms with E-state index in [4.69, 9.17) is 4.74 Å². The molecule has 0 spiro atoms. The largest absolute Gasteiger partial charge is 0.381 e. The highest BCUT2D eigenvalue weighted by Gasteiger charge is 2.43. The maximum atomic E-state index is 14.2. The number of benzene rings is 2. The number of rotatable bonds is 5. The monoisotopic (exact) mass is 442 g/mol. The highest BCUT2D eigenvalue weighted by molar-refractivity contribution is 5.83. The molecule has 2 saturated heterocycles. The Bertz CT molecular complexity index is 933. The van der Waals surface area contributed by atoms with Gasteiger partial charge in [-0.3, -0.25) is 4.79 Å². The standard InChI is InChI=1S/C26H32F2N2O2/c1-29-13-9-22(10-14-29)30(2)25(31)26(11-15-32-16-12-26)18-19-3-5-20(6-4-19)23-17-21(27)7-8-24(23)28/h3-8,17,22H,9-16,18H2,1-2H3. The van der Waals surface area contributed by atoms with E-state index in [-0.39, 0.29) is 17.5 Å². The van der Waals surface area contributed by atoms with Crippen LogP contribution in [0.5, 0.6) is 0 Å². The summed E-state index contributed by atoms with van der Waals surface area (Å²) in [6.45, 7) is 3.19. The third-order valence-electron chi connectivity index (χ3n) is 7.20. The minimum absolute atomic E-state index is 0.204. The Morgan fingerprint density at radius 2 is 1.75 bits per heavy atom. The number of likely N-dealkylation sites (tertiary alicyclic amines) is 1. The minimum atomic E-state index is -0.484. The zero-order chi connectivity index (χ0) is 22.7. The number of hydrogen-bond acceptors (Lipinski definition) is 3. The highest BCUT2D eigenvalue weighted by atomic mass is 19.1. The van der Waals surface area contributed by atoms with Gasteiger partial charge in [0.1, 0.15) is 11.6 Å². The number of piperidine rings is 1. The summed E-state index contributed by atoms with van der Waals surface area (Å²) in [5, 5.41) is 0. The van der Waals surface area contributed by atoms with Crippen LogP contribution >= 0.6 is 0 Å². The van der Waals surface area contributed by atoms with Gasteiger partial charge in [-0.1, -0.05) is 24.3 Å². The van der Waals surface area contributed by atoms with Crippen LogP contribution < -0.4 is 0 Å². The molecule has 2 fully saturated rings. The lowest BCUT2D eigenvalue weighted by Crippen LogP contribution is -2.52. The molecule has 2 heterocycles. The first-order chi connectivity index (χ1) is 15.4. The fourth-order valence-electron chi connectivity index (χ4n) is 5.06. The third kappa shape index (κ3) is 4.86. The van der Waals surface area contributed by atoms with Gasteiger partial charge in [-0.05, 0) is 81.6 Å². The number of nitrogens with zero attached hydrogens (tertiary/aromatic N) is 2. The molecular weight excluding hydrogens is 410 g/mol. The molecule has 32 heavy (non-hydrogen) atoms. The smallest absolute Gasteiger partial charge is 0.229 e. The summed E-state index contributed by atoms with van der Waals surface area (Å²) in [5.74, 6) is -0.709. The summed E-state index contributed by atoms with van der Waals surface area (Å²) in [6.07, 6.45) is 4.02. The summed E-state index contributed by atoms with van der Waals surface area (Å²) in [4.78, 5) is 18.0. The minimum Gasteiger partial charge on any atom is -0.381 e. The van der Waals surface area contributed by atoms with Crippen LogP contribution in [0.1, 0.15) is 31.2 Å². The molecule has 0 aromatic heterocycles. The molecule has 0 unspecified atom stereocenters. The van der Waals surface area contributed by atoms with Gasteiger partial charge in [-0.25, -0.2) is 8.78 Å². The third-order valence-corrected chi connectivity index (χ3v) is 7.20. The quantitative estimate of drug-likeness (QED) is 0.682. The molecule has 2 aliphatic rings. The average Bonchev–Trinajstić information content (AvgIpc) is 2.81. The van der Waals surface area contributed by atoms with Crippen LogP contribution in [0.2, 0.25) is 0 Å². The Morgan fingerprint density at radius 1 is 1.09 bits per heavy atom. The van der Waals surface area contributed by atoms with Gasteiger partial charge in [0.2, 0.25) is 5.91 Å². The maximum absolute atomic E-state index is 14.2. The summed E-state index contributed by atoms with van der Waals surface area (Å²) in [6, 6.07) is 11.2. The van der Waals surface area contributed by atoms with E-state index >= 15 is 0 Å². The van der Waals surface area contributed by atoms with E-state index in [9.17, 15) is 13.6 Å². The topological polar surface area (TPSA) is 32.8 Å². The Morgan fingerprint density at radius 3 is 2.41 bits per heavy atom. The molecule has 0 bridgehead atoms. The first-order valence-corrected chi connectivity index (χ1v) is 11.5. The Labute approximate surface area is 189 Å². The Balaban J connectivity index is 1.53. The van der Waals surface area contributed by atoms with E-state index < -0.39 is 17.0 Å². The molecule has 2 aromatic carbocycles. The number of carbonyl (C=O) groups is 1. The first-order valence-electron chi connectivity index (χ1n) is 11.5. The number of hydrogen-bond donors (Lipinski definition) is 0. The predicted octanol–water partition coefficient (Wildman–Crippen LogP) is 4.52. The molecule has 0 aliphatic carbocycles. The second-order valence-corrected chi connectivity index (χ2v) is 9.34. The molecule has 4 nitrogen and oxygen atoms in total. The summed E-state index contributed by atoms with van der Waals surface area (Å²) in [7, 11) is 4.07. The lowest BCUT2D eigenvalue weighted by atomic mass is 9.73. The SMILES string of the molecule is CN1CCC(N(C)C(=O)C2(Cc3ccc(-c4cc(F)ccc4F)cc3)CCOCC2)CC1. The molecule has 4 rings (SSSR count). The lowest BCUT2D eigenvalue weighted by molar-refractivity contribution is -0.149. The maximum Gasteiger partial charge on any atom is 0.229 e. The van der Waals surface area contributed by atoms with Crippen molar-refractivity contribution in [2.24, 2.45) is 5.41 Å². The summed E-state index contributed by atoms with van der Waals surface area (Å²) in [5.41, 5.74) is 1.41. The number of carbonyl (C=O) groups excluding carboxylic acids is 1. The van der Waals surface area contributed by atoms with E-state index in [1.54, 1.807) is 0 Å². The number of amides is 1. The van der Waals surface area contributed by atoms with Gasteiger partial charge in [0, 0.05) is 31.9 Å². The fourth-order valence-corrected chi connectivity index (χ4v) is 5.06. The Kier molecular flexibility index (Phi) is 6.91. The van der Waals surface area contributed by atoms with Crippen molar-refractivity contribution in [3.05, 3.63) is 59.7 Å². The van der Waals surface area contributed by atoms with Crippen molar-refractivity contribution in [2.75, 3.05) is 40.4 Å². The van der Waals surface area contributed by atoms with Crippen LogP contribution in [0.15, 0.2) is 42.5 Å².